The molecule has 0 aliphatic heterocycles. The minimum absolute atomic E-state index is 0.0150. The van der Waals surface area contributed by atoms with Gasteiger partial charge in [-0.25, -0.2) is 8.42 Å². The molecule has 2 amide bonds. The zero-order valence-electron chi connectivity index (χ0n) is 22.1. The first-order valence-corrected chi connectivity index (χ1v) is 14.4. The maximum Gasteiger partial charge on any atom is 0.264 e. The molecule has 0 spiro atoms. The van der Waals surface area contributed by atoms with E-state index < -0.39 is 34.4 Å². The van der Waals surface area contributed by atoms with Crippen LogP contribution in [0.25, 0.3) is 0 Å². The number of carbonyl (C=O) groups is 2. The highest BCUT2D eigenvalue weighted by Crippen LogP contribution is 2.29. The molecule has 0 radical (unpaired) electrons. The van der Waals surface area contributed by atoms with Crippen LogP contribution in [-0.2, 0) is 26.2 Å². The number of likely N-dealkylation sites (N-methyl/N-ethyl adjacent to an activating group) is 1. The summed E-state index contributed by atoms with van der Waals surface area (Å²) in [6, 6.07) is 16.7. The Morgan fingerprint density at radius 1 is 1.00 bits per heavy atom. The fourth-order valence-corrected chi connectivity index (χ4v) is 5.81. The van der Waals surface area contributed by atoms with Gasteiger partial charge in [0.25, 0.3) is 10.0 Å². The number of anilines is 1. The van der Waals surface area contributed by atoms with Crippen LogP contribution in [0, 0.1) is 6.92 Å². The molecule has 0 aliphatic rings. The Hall–Kier alpha value is -3.27. The van der Waals surface area contributed by atoms with Crippen LogP contribution in [0.1, 0.15) is 25.0 Å². The van der Waals surface area contributed by atoms with E-state index in [4.69, 9.17) is 27.9 Å². The standard InChI is InChI=1S/C28H31Cl2N3O5S/c1-5-31-28(35)20(3)32(17-24-25(29)10-7-11-26(24)30)27(34)18-33(21-8-6-9-22(16-21)38-4)39(36,37)23-14-12-19(2)13-15-23/h6-16,20H,5,17-18H2,1-4H3,(H,31,35). The van der Waals surface area contributed by atoms with Gasteiger partial charge in [0, 0.05) is 34.8 Å². The van der Waals surface area contributed by atoms with E-state index in [0.717, 1.165) is 9.87 Å². The summed E-state index contributed by atoms with van der Waals surface area (Å²) >= 11 is 12.8. The number of nitrogens with zero attached hydrogens (tertiary/aromatic N) is 2. The first kappa shape index (κ1) is 30.3. The topological polar surface area (TPSA) is 96.0 Å². The molecule has 1 atom stereocenters. The second kappa shape index (κ2) is 13.2. The van der Waals surface area contributed by atoms with Crippen molar-refractivity contribution >= 4 is 50.7 Å². The second-order valence-electron chi connectivity index (χ2n) is 8.82. The van der Waals surface area contributed by atoms with E-state index in [0.29, 0.717) is 27.9 Å². The number of halogens is 2. The highest BCUT2D eigenvalue weighted by atomic mass is 35.5. The molecule has 208 valence electrons. The van der Waals surface area contributed by atoms with Crippen LogP contribution in [0.4, 0.5) is 5.69 Å². The smallest absolute Gasteiger partial charge is 0.264 e. The average molecular weight is 593 g/mol. The Balaban J connectivity index is 2.08. The molecule has 0 fully saturated rings. The molecule has 0 aliphatic carbocycles. The zero-order chi connectivity index (χ0) is 28.7. The highest BCUT2D eigenvalue weighted by Gasteiger charge is 2.33. The van der Waals surface area contributed by atoms with Gasteiger partial charge in [0.2, 0.25) is 11.8 Å². The van der Waals surface area contributed by atoms with Crippen molar-refractivity contribution in [3.8, 4) is 5.75 Å². The first-order chi connectivity index (χ1) is 18.5. The Morgan fingerprint density at radius 2 is 1.62 bits per heavy atom. The summed E-state index contributed by atoms with van der Waals surface area (Å²) < 4.78 is 34.0. The number of carbonyl (C=O) groups excluding carboxylic acids is 2. The first-order valence-electron chi connectivity index (χ1n) is 12.2. The number of ether oxygens (including phenoxy) is 1. The summed E-state index contributed by atoms with van der Waals surface area (Å²) in [5, 5.41) is 3.35. The number of methoxy groups -OCH3 is 1. The van der Waals surface area contributed by atoms with Crippen LogP contribution in [0.5, 0.6) is 5.75 Å². The molecule has 1 unspecified atom stereocenters. The van der Waals surface area contributed by atoms with Crippen LogP contribution in [0.3, 0.4) is 0 Å². The third kappa shape index (κ3) is 7.23. The van der Waals surface area contributed by atoms with E-state index >= 15 is 0 Å². The zero-order valence-corrected chi connectivity index (χ0v) is 24.5. The molecule has 3 aromatic carbocycles. The van der Waals surface area contributed by atoms with Crippen molar-refractivity contribution in [2.75, 3.05) is 24.5 Å². The maximum atomic E-state index is 13.9. The molecule has 11 heteroatoms. The molecular formula is C28H31Cl2N3O5S. The lowest BCUT2D eigenvalue weighted by Gasteiger charge is -2.32. The normalized spacial score (nSPS) is 11.9. The fourth-order valence-electron chi connectivity index (χ4n) is 3.89. The number of rotatable bonds is 11. The molecule has 3 aromatic rings. The number of benzene rings is 3. The Kier molecular flexibility index (Phi) is 10.2. The van der Waals surface area contributed by atoms with Crippen molar-refractivity contribution in [1.29, 1.82) is 0 Å². The molecular weight excluding hydrogens is 561 g/mol. The largest absolute Gasteiger partial charge is 0.497 e. The van der Waals surface area contributed by atoms with Gasteiger partial charge in [-0.1, -0.05) is 53.0 Å². The Labute approximate surface area is 239 Å². The van der Waals surface area contributed by atoms with E-state index in [1.54, 1.807) is 62.4 Å². The molecule has 3 rings (SSSR count). The van der Waals surface area contributed by atoms with Gasteiger partial charge in [-0.15, -0.1) is 0 Å². The number of sulfonamides is 1. The predicted molar refractivity (Wildman–Crippen MR) is 154 cm³/mol. The summed E-state index contributed by atoms with van der Waals surface area (Å²) in [4.78, 5) is 28.0. The molecule has 0 saturated carbocycles. The molecule has 0 saturated heterocycles. The second-order valence-corrected chi connectivity index (χ2v) is 11.5. The number of aryl methyl sites for hydroxylation is 1. The SMILES string of the molecule is CCNC(=O)C(C)N(Cc1c(Cl)cccc1Cl)C(=O)CN(c1cccc(OC)c1)S(=O)(=O)c1ccc(C)cc1. The van der Waals surface area contributed by atoms with Gasteiger partial charge in [0.05, 0.1) is 17.7 Å². The number of hydrogen-bond donors (Lipinski definition) is 1. The van der Waals surface area contributed by atoms with Gasteiger partial charge in [-0.05, 0) is 57.2 Å². The van der Waals surface area contributed by atoms with E-state index in [-0.39, 0.29) is 17.1 Å². The van der Waals surface area contributed by atoms with Crippen LogP contribution in [-0.4, -0.2) is 51.4 Å². The van der Waals surface area contributed by atoms with E-state index in [1.165, 1.54) is 30.2 Å². The molecule has 39 heavy (non-hydrogen) atoms. The van der Waals surface area contributed by atoms with Crippen molar-refractivity contribution in [3.05, 3.63) is 87.9 Å². The molecule has 0 heterocycles. The third-order valence-corrected chi connectivity index (χ3v) is 8.63. The van der Waals surface area contributed by atoms with E-state index in [1.807, 2.05) is 6.92 Å². The number of amides is 2. The molecule has 0 aromatic heterocycles. The van der Waals surface area contributed by atoms with Gasteiger partial charge in [0.15, 0.2) is 0 Å². The summed E-state index contributed by atoms with van der Waals surface area (Å²) in [7, 11) is -2.73. The Bertz CT molecular complexity index is 1410. The van der Waals surface area contributed by atoms with E-state index in [9.17, 15) is 18.0 Å². The number of hydrogen-bond acceptors (Lipinski definition) is 5. The summed E-state index contributed by atoms with van der Waals surface area (Å²) in [5.41, 5.74) is 1.56. The van der Waals surface area contributed by atoms with Crippen LogP contribution >= 0.6 is 23.2 Å². The van der Waals surface area contributed by atoms with Crippen molar-refractivity contribution in [3.63, 3.8) is 0 Å². The number of nitrogens with one attached hydrogen (secondary N) is 1. The van der Waals surface area contributed by atoms with Gasteiger partial charge >= 0.3 is 0 Å². The highest BCUT2D eigenvalue weighted by molar-refractivity contribution is 7.92. The lowest BCUT2D eigenvalue weighted by molar-refractivity contribution is -0.139. The van der Waals surface area contributed by atoms with Crippen LogP contribution in [0.2, 0.25) is 10.0 Å². The van der Waals surface area contributed by atoms with Crippen molar-refractivity contribution < 1.29 is 22.7 Å². The van der Waals surface area contributed by atoms with Crippen LogP contribution < -0.4 is 14.4 Å². The Morgan fingerprint density at radius 3 is 2.21 bits per heavy atom. The fraction of sp³-hybridized carbons (Fsp3) is 0.286. The lowest BCUT2D eigenvalue weighted by Crippen LogP contribution is -2.51. The van der Waals surface area contributed by atoms with Gasteiger partial charge in [-0.3, -0.25) is 13.9 Å². The quantitative estimate of drug-likeness (QED) is 0.336. The third-order valence-electron chi connectivity index (χ3n) is 6.14. The van der Waals surface area contributed by atoms with Crippen molar-refractivity contribution in [1.82, 2.24) is 10.2 Å². The maximum absolute atomic E-state index is 13.9. The predicted octanol–water partition coefficient (Wildman–Crippen LogP) is 5.06. The van der Waals surface area contributed by atoms with Gasteiger partial charge in [-0.2, -0.15) is 0 Å². The van der Waals surface area contributed by atoms with E-state index in [2.05, 4.69) is 5.32 Å². The summed E-state index contributed by atoms with van der Waals surface area (Å²) in [5.74, 6) is -0.606. The lowest BCUT2D eigenvalue weighted by atomic mass is 10.1. The summed E-state index contributed by atoms with van der Waals surface area (Å²) in [6.07, 6.45) is 0. The van der Waals surface area contributed by atoms with Crippen molar-refractivity contribution in [2.45, 2.75) is 38.3 Å². The van der Waals surface area contributed by atoms with Crippen LogP contribution in [0.15, 0.2) is 71.6 Å². The molecule has 0 bridgehead atoms. The van der Waals surface area contributed by atoms with Gasteiger partial charge < -0.3 is 15.0 Å². The van der Waals surface area contributed by atoms with Gasteiger partial charge in [0.1, 0.15) is 18.3 Å². The monoisotopic (exact) mass is 591 g/mol. The van der Waals surface area contributed by atoms with Crippen molar-refractivity contribution in [2.24, 2.45) is 0 Å². The minimum Gasteiger partial charge on any atom is -0.497 e. The average Bonchev–Trinajstić information content (AvgIpc) is 2.91. The molecule has 8 nitrogen and oxygen atoms in total. The minimum atomic E-state index is -4.19. The summed E-state index contributed by atoms with van der Waals surface area (Å²) in [6.45, 7) is 4.84. The molecule has 1 N–H and O–H groups in total.